The van der Waals surface area contributed by atoms with E-state index in [9.17, 15) is 4.79 Å². The van der Waals surface area contributed by atoms with Crippen molar-refractivity contribution >= 4 is 5.91 Å². The Morgan fingerprint density at radius 1 is 1.19 bits per heavy atom. The Hall–Kier alpha value is -1.35. The monoisotopic (exact) mass is 285 g/mol. The molecule has 112 valence electrons. The predicted octanol–water partition coefficient (Wildman–Crippen LogP) is 3.18. The lowest BCUT2D eigenvalue weighted by atomic mass is 9.97. The maximum Gasteiger partial charge on any atom is 0.254 e. The van der Waals surface area contributed by atoms with Crippen molar-refractivity contribution in [3.05, 3.63) is 35.4 Å². The van der Waals surface area contributed by atoms with Crippen LogP contribution in [-0.4, -0.2) is 35.6 Å². The molecule has 1 aromatic carbocycles. The third-order valence-electron chi connectivity index (χ3n) is 5.46. The first-order valence-electron chi connectivity index (χ1n) is 8.31. The van der Waals surface area contributed by atoms with E-state index in [0.717, 1.165) is 31.5 Å². The van der Waals surface area contributed by atoms with Crippen molar-refractivity contribution in [1.29, 1.82) is 0 Å². The van der Waals surface area contributed by atoms with Crippen LogP contribution in [0, 0.1) is 0 Å². The fourth-order valence-corrected chi connectivity index (χ4v) is 4.31. The fourth-order valence-electron chi connectivity index (χ4n) is 4.31. The Balaban J connectivity index is 1.43. The highest BCUT2D eigenvalue weighted by atomic mass is 16.5. The van der Waals surface area contributed by atoms with Crippen molar-refractivity contribution in [2.24, 2.45) is 0 Å². The van der Waals surface area contributed by atoms with Crippen LogP contribution in [0.4, 0.5) is 0 Å². The summed E-state index contributed by atoms with van der Waals surface area (Å²) in [6.45, 7) is 1.61. The van der Waals surface area contributed by atoms with Crippen molar-refractivity contribution in [3.8, 4) is 0 Å². The Kier molecular flexibility index (Phi) is 3.26. The van der Waals surface area contributed by atoms with E-state index in [1.54, 1.807) is 0 Å². The van der Waals surface area contributed by atoms with Crippen molar-refractivity contribution in [3.63, 3.8) is 0 Å². The molecule has 0 N–H and O–H groups in total. The first-order chi connectivity index (χ1) is 10.3. The molecule has 4 rings (SSSR count). The summed E-state index contributed by atoms with van der Waals surface area (Å²) in [5.41, 5.74) is 2.25. The zero-order valence-electron chi connectivity index (χ0n) is 12.5. The average molecular weight is 285 g/mol. The van der Waals surface area contributed by atoms with Gasteiger partial charge in [-0.15, -0.1) is 0 Å². The molecule has 1 unspecified atom stereocenters. The number of rotatable bonds is 2. The molecule has 21 heavy (non-hydrogen) atoms. The van der Waals surface area contributed by atoms with Crippen LogP contribution in [-0.2, 0) is 11.2 Å². The minimum atomic E-state index is 0.168. The molecule has 3 heteroatoms. The van der Waals surface area contributed by atoms with E-state index in [4.69, 9.17) is 4.74 Å². The predicted molar refractivity (Wildman–Crippen MR) is 81.4 cm³/mol. The topological polar surface area (TPSA) is 29.5 Å². The summed E-state index contributed by atoms with van der Waals surface area (Å²) >= 11 is 0. The number of hydrogen-bond acceptors (Lipinski definition) is 2. The van der Waals surface area contributed by atoms with Gasteiger partial charge in [-0.05, 0) is 43.7 Å². The van der Waals surface area contributed by atoms with Gasteiger partial charge >= 0.3 is 0 Å². The highest BCUT2D eigenvalue weighted by Gasteiger charge is 2.43. The SMILES string of the molecule is O=C1c2ccccc2CCN1CC1CCC2(CCCC2)O1. The van der Waals surface area contributed by atoms with Gasteiger partial charge in [-0.25, -0.2) is 0 Å². The molecule has 0 bridgehead atoms. The van der Waals surface area contributed by atoms with Crippen molar-refractivity contribution < 1.29 is 9.53 Å². The summed E-state index contributed by atoms with van der Waals surface area (Å²) in [4.78, 5) is 14.6. The summed E-state index contributed by atoms with van der Waals surface area (Å²) in [5, 5.41) is 0. The van der Waals surface area contributed by atoms with E-state index in [1.807, 2.05) is 23.1 Å². The molecular weight excluding hydrogens is 262 g/mol. The van der Waals surface area contributed by atoms with E-state index < -0.39 is 0 Å². The van der Waals surface area contributed by atoms with E-state index in [2.05, 4.69) is 6.07 Å². The highest BCUT2D eigenvalue weighted by molar-refractivity contribution is 5.96. The zero-order chi connectivity index (χ0) is 14.3. The first kappa shape index (κ1) is 13.3. The molecule has 1 saturated carbocycles. The molecule has 1 aliphatic carbocycles. The van der Waals surface area contributed by atoms with Gasteiger partial charge in [0.25, 0.3) is 5.91 Å². The second kappa shape index (κ2) is 5.13. The number of nitrogens with zero attached hydrogens (tertiary/aromatic N) is 1. The lowest BCUT2D eigenvalue weighted by Gasteiger charge is -2.31. The second-order valence-corrected chi connectivity index (χ2v) is 6.83. The molecule has 3 nitrogen and oxygen atoms in total. The molecule has 0 radical (unpaired) electrons. The molecule has 2 aliphatic heterocycles. The molecule has 1 saturated heterocycles. The minimum Gasteiger partial charge on any atom is -0.370 e. The van der Waals surface area contributed by atoms with Crippen LogP contribution in [0.2, 0.25) is 0 Å². The van der Waals surface area contributed by atoms with Crippen molar-refractivity contribution in [2.45, 2.75) is 56.7 Å². The number of fused-ring (bicyclic) bond motifs is 1. The summed E-state index contributed by atoms with van der Waals surface area (Å²) in [6, 6.07) is 8.01. The average Bonchev–Trinajstić information content (AvgIpc) is 3.13. The smallest absolute Gasteiger partial charge is 0.254 e. The molecule has 1 atom stereocenters. The van der Waals surface area contributed by atoms with Crippen LogP contribution >= 0.6 is 0 Å². The summed E-state index contributed by atoms with van der Waals surface area (Å²) < 4.78 is 6.36. The second-order valence-electron chi connectivity index (χ2n) is 6.83. The summed E-state index contributed by atoms with van der Waals surface area (Å²) in [5.74, 6) is 0.188. The van der Waals surface area contributed by atoms with Gasteiger partial charge in [0.2, 0.25) is 0 Å². The summed E-state index contributed by atoms with van der Waals surface area (Å²) in [6.07, 6.45) is 8.59. The van der Waals surface area contributed by atoms with Crippen LogP contribution in [0.3, 0.4) is 0 Å². The van der Waals surface area contributed by atoms with E-state index in [0.29, 0.717) is 0 Å². The molecule has 2 heterocycles. The zero-order valence-corrected chi connectivity index (χ0v) is 12.5. The van der Waals surface area contributed by atoms with Gasteiger partial charge < -0.3 is 9.64 Å². The number of carbonyl (C=O) groups excluding carboxylic acids is 1. The third kappa shape index (κ3) is 2.38. The highest BCUT2D eigenvalue weighted by Crippen LogP contribution is 2.43. The van der Waals surface area contributed by atoms with Gasteiger partial charge in [0, 0.05) is 18.7 Å². The molecule has 3 aliphatic rings. The molecule has 1 aromatic rings. The molecule has 2 fully saturated rings. The number of hydrogen-bond donors (Lipinski definition) is 0. The molecule has 1 amide bonds. The van der Waals surface area contributed by atoms with Crippen LogP contribution in [0.15, 0.2) is 24.3 Å². The number of carbonyl (C=O) groups is 1. The normalized spacial score (nSPS) is 27.3. The standard InChI is InChI=1S/C18H23NO2/c20-17-16-6-2-1-5-14(16)8-12-19(17)13-15-7-11-18(21-15)9-3-4-10-18/h1-2,5-6,15H,3-4,7-13H2. The molecular formula is C18H23NO2. The maximum absolute atomic E-state index is 12.6. The van der Waals surface area contributed by atoms with Gasteiger partial charge in [-0.1, -0.05) is 31.0 Å². The van der Waals surface area contributed by atoms with E-state index >= 15 is 0 Å². The number of ether oxygens (including phenoxy) is 1. The van der Waals surface area contributed by atoms with Crippen LogP contribution in [0.5, 0.6) is 0 Å². The first-order valence-corrected chi connectivity index (χ1v) is 8.31. The van der Waals surface area contributed by atoms with Crippen LogP contribution in [0.25, 0.3) is 0 Å². The largest absolute Gasteiger partial charge is 0.370 e. The third-order valence-corrected chi connectivity index (χ3v) is 5.46. The van der Waals surface area contributed by atoms with Gasteiger partial charge in [0.1, 0.15) is 0 Å². The van der Waals surface area contributed by atoms with Gasteiger partial charge in [0.05, 0.1) is 11.7 Å². The Morgan fingerprint density at radius 2 is 2.00 bits per heavy atom. The van der Waals surface area contributed by atoms with Gasteiger partial charge in [-0.2, -0.15) is 0 Å². The maximum atomic E-state index is 12.6. The lowest BCUT2D eigenvalue weighted by Crippen LogP contribution is -2.42. The minimum absolute atomic E-state index is 0.168. The van der Waals surface area contributed by atoms with E-state index in [-0.39, 0.29) is 17.6 Å². The Morgan fingerprint density at radius 3 is 2.86 bits per heavy atom. The quantitative estimate of drug-likeness (QED) is 0.835. The van der Waals surface area contributed by atoms with Crippen LogP contribution < -0.4 is 0 Å². The van der Waals surface area contributed by atoms with Crippen LogP contribution in [0.1, 0.15) is 54.4 Å². The van der Waals surface area contributed by atoms with Gasteiger partial charge in [0.15, 0.2) is 0 Å². The molecule has 0 aromatic heterocycles. The fraction of sp³-hybridized carbons (Fsp3) is 0.611. The van der Waals surface area contributed by atoms with Crippen molar-refractivity contribution in [2.75, 3.05) is 13.1 Å². The Labute approximate surface area is 126 Å². The van der Waals surface area contributed by atoms with Crippen molar-refractivity contribution in [1.82, 2.24) is 4.90 Å². The summed E-state index contributed by atoms with van der Waals surface area (Å²) in [7, 11) is 0. The van der Waals surface area contributed by atoms with Gasteiger partial charge in [-0.3, -0.25) is 4.79 Å². The number of benzene rings is 1. The number of amides is 1. The molecule has 1 spiro atoms. The lowest BCUT2D eigenvalue weighted by molar-refractivity contribution is -0.0452. The van der Waals surface area contributed by atoms with E-state index in [1.165, 1.54) is 37.7 Å². The Bertz CT molecular complexity index is 548.